The van der Waals surface area contributed by atoms with E-state index >= 15 is 0 Å². The van der Waals surface area contributed by atoms with Crippen molar-refractivity contribution in [2.75, 3.05) is 26.2 Å². The molecule has 0 amide bonds. The fraction of sp³-hybridized carbons (Fsp3) is 1.00. The van der Waals surface area contributed by atoms with Crippen LogP contribution in [0.2, 0.25) is 0 Å². The van der Waals surface area contributed by atoms with Crippen molar-refractivity contribution in [2.24, 2.45) is 5.41 Å². The highest BCUT2D eigenvalue weighted by Crippen LogP contribution is 2.28. The van der Waals surface area contributed by atoms with Crippen LogP contribution in [0.25, 0.3) is 0 Å². The Bertz CT molecular complexity index is 213. The molecule has 0 saturated carbocycles. The molecule has 0 aliphatic carbocycles. The van der Waals surface area contributed by atoms with Gasteiger partial charge in [0, 0.05) is 38.3 Å². The second-order valence-corrected chi connectivity index (χ2v) is 6.38. The average Bonchev–Trinajstić information content (AvgIpc) is 2.38. The van der Waals surface area contributed by atoms with Gasteiger partial charge in [-0.25, -0.2) is 0 Å². The first-order valence-electron chi connectivity index (χ1n) is 7.99. The summed E-state index contributed by atoms with van der Waals surface area (Å²) in [6, 6.07) is 1.09. The van der Waals surface area contributed by atoms with Crippen LogP contribution in [0.15, 0.2) is 0 Å². The minimum atomic E-state index is 0.290. The van der Waals surface area contributed by atoms with Gasteiger partial charge >= 0.3 is 0 Å². The summed E-state index contributed by atoms with van der Waals surface area (Å²) in [5.74, 6) is 0. The van der Waals surface area contributed by atoms with E-state index in [0.717, 1.165) is 26.1 Å². The highest BCUT2D eigenvalue weighted by Gasteiger charge is 2.29. The molecule has 0 fully saturated rings. The van der Waals surface area contributed by atoms with Crippen LogP contribution >= 0.6 is 0 Å². The molecule has 116 valence electrons. The van der Waals surface area contributed by atoms with Crippen molar-refractivity contribution in [1.29, 1.82) is 0 Å². The lowest BCUT2D eigenvalue weighted by atomic mass is 9.81. The fourth-order valence-corrected chi connectivity index (χ4v) is 2.42. The van der Waals surface area contributed by atoms with Crippen LogP contribution in [0.1, 0.15) is 60.8 Å². The number of nitrogens with one attached hydrogen (secondary N) is 1. The highest BCUT2D eigenvalue weighted by molar-refractivity contribution is 4.84. The van der Waals surface area contributed by atoms with Crippen LogP contribution in [0.4, 0.5) is 0 Å². The number of aliphatic hydroxyl groups excluding tert-OH is 1. The predicted octanol–water partition coefficient (Wildman–Crippen LogP) is 2.88. The van der Waals surface area contributed by atoms with Crippen molar-refractivity contribution in [3.8, 4) is 0 Å². The van der Waals surface area contributed by atoms with Crippen LogP contribution in [-0.4, -0.2) is 48.3 Å². The van der Waals surface area contributed by atoms with Gasteiger partial charge in [0.15, 0.2) is 0 Å². The van der Waals surface area contributed by atoms with Gasteiger partial charge in [-0.15, -0.1) is 0 Å². The SMILES string of the molecule is CCC(CC)(CNC(C)C)CN(CCCO)C(C)C. The van der Waals surface area contributed by atoms with Crippen molar-refractivity contribution < 1.29 is 5.11 Å². The van der Waals surface area contributed by atoms with Crippen LogP contribution in [0, 0.1) is 5.41 Å². The van der Waals surface area contributed by atoms with Gasteiger partial charge in [0.1, 0.15) is 0 Å². The van der Waals surface area contributed by atoms with Crippen molar-refractivity contribution in [3.63, 3.8) is 0 Å². The van der Waals surface area contributed by atoms with E-state index in [9.17, 15) is 0 Å². The Balaban J connectivity index is 4.65. The minimum Gasteiger partial charge on any atom is -0.396 e. The normalized spacial score (nSPS) is 12.9. The maximum Gasteiger partial charge on any atom is 0.0443 e. The number of rotatable bonds is 11. The van der Waals surface area contributed by atoms with E-state index in [1.807, 2.05) is 0 Å². The smallest absolute Gasteiger partial charge is 0.0443 e. The summed E-state index contributed by atoms with van der Waals surface area (Å²) in [4.78, 5) is 2.52. The molecule has 0 rings (SSSR count). The molecule has 0 aromatic rings. The third-order valence-corrected chi connectivity index (χ3v) is 4.26. The number of aliphatic hydroxyl groups is 1. The molecule has 3 heteroatoms. The second-order valence-electron chi connectivity index (χ2n) is 6.38. The summed E-state index contributed by atoms with van der Waals surface area (Å²) in [6.07, 6.45) is 3.27. The largest absolute Gasteiger partial charge is 0.396 e. The Morgan fingerprint density at radius 1 is 1.11 bits per heavy atom. The lowest BCUT2D eigenvalue weighted by Crippen LogP contribution is -2.47. The average molecular weight is 272 g/mol. The van der Waals surface area contributed by atoms with Crippen LogP contribution < -0.4 is 5.32 Å². The quantitative estimate of drug-likeness (QED) is 0.607. The Morgan fingerprint density at radius 2 is 1.68 bits per heavy atom. The number of nitrogens with zero attached hydrogens (tertiary/aromatic N) is 1. The first-order chi connectivity index (χ1) is 8.90. The van der Waals surface area contributed by atoms with E-state index in [1.165, 1.54) is 12.8 Å². The van der Waals surface area contributed by atoms with E-state index in [0.29, 0.717) is 24.1 Å². The van der Waals surface area contributed by atoms with Gasteiger partial charge in [-0.3, -0.25) is 0 Å². The van der Waals surface area contributed by atoms with Gasteiger partial charge in [-0.05, 0) is 38.5 Å². The molecule has 0 heterocycles. The molecule has 0 unspecified atom stereocenters. The summed E-state index contributed by atoms with van der Waals surface area (Å²) >= 11 is 0. The minimum absolute atomic E-state index is 0.290. The predicted molar refractivity (Wildman–Crippen MR) is 84.6 cm³/mol. The third kappa shape index (κ3) is 7.28. The van der Waals surface area contributed by atoms with E-state index in [4.69, 9.17) is 5.11 Å². The Kier molecular flexibility index (Phi) is 9.67. The maximum absolute atomic E-state index is 9.05. The first kappa shape index (κ1) is 18.9. The maximum atomic E-state index is 9.05. The Labute approximate surface area is 120 Å². The molecule has 0 aromatic carbocycles. The molecule has 0 radical (unpaired) electrons. The van der Waals surface area contributed by atoms with Crippen LogP contribution in [0.3, 0.4) is 0 Å². The third-order valence-electron chi connectivity index (χ3n) is 4.26. The van der Waals surface area contributed by atoms with Gasteiger partial charge in [-0.1, -0.05) is 27.7 Å². The summed E-state index contributed by atoms with van der Waals surface area (Å²) in [6.45, 7) is 17.0. The van der Waals surface area contributed by atoms with Gasteiger partial charge in [0.2, 0.25) is 0 Å². The standard InChI is InChI=1S/C16H36N2O/c1-7-16(8-2,12-17-14(3)4)13-18(15(5)6)10-9-11-19/h14-15,17,19H,7-13H2,1-6H3. The van der Waals surface area contributed by atoms with Crippen molar-refractivity contribution in [3.05, 3.63) is 0 Å². The molecule has 19 heavy (non-hydrogen) atoms. The summed E-state index contributed by atoms with van der Waals surface area (Å²) < 4.78 is 0. The molecule has 0 bridgehead atoms. The summed E-state index contributed by atoms with van der Waals surface area (Å²) in [5.41, 5.74) is 0.351. The van der Waals surface area contributed by atoms with Crippen molar-refractivity contribution >= 4 is 0 Å². The zero-order chi connectivity index (χ0) is 14.9. The van der Waals surface area contributed by atoms with Gasteiger partial charge in [0.25, 0.3) is 0 Å². The molecule has 0 saturated heterocycles. The van der Waals surface area contributed by atoms with Gasteiger partial charge < -0.3 is 15.3 Å². The lowest BCUT2D eigenvalue weighted by molar-refractivity contribution is 0.101. The van der Waals surface area contributed by atoms with Crippen molar-refractivity contribution in [2.45, 2.75) is 72.9 Å². The molecular weight excluding hydrogens is 236 g/mol. The first-order valence-corrected chi connectivity index (χ1v) is 7.99. The van der Waals surface area contributed by atoms with Gasteiger partial charge in [-0.2, -0.15) is 0 Å². The topological polar surface area (TPSA) is 35.5 Å². The second kappa shape index (κ2) is 9.73. The molecule has 2 N–H and O–H groups in total. The highest BCUT2D eigenvalue weighted by atomic mass is 16.3. The molecule has 3 nitrogen and oxygen atoms in total. The molecule has 0 aromatic heterocycles. The van der Waals surface area contributed by atoms with Crippen LogP contribution in [-0.2, 0) is 0 Å². The molecule has 0 atom stereocenters. The molecule has 0 spiro atoms. The molecule has 0 aliphatic heterocycles. The molecule has 0 aliphatic rings. The summed E-state index contributed by atoms with van der Waals surface area (Å²) in [7, 11) is 0. The number of hydrogen-bond donors (Lipinski definition) is 2. The van der Waals surface area contributed by atoms with Crippen molar-refractivity contribution in [1.82, 2.24) is 10.2 Å². The fourth-order valence-electron chi connectivity index (χ4n) is 2.42. The zero-order valence-electron chi connectivity index (χ0n) is 14.0. The van der Waals surface area contributed by atoms with Gasteiger partial charge in [0.05, 0.1) is 0 Å². The Hall–Kier alpha value is -0.120. The monoisotopic (exact) mass is 272 g/mol. The van der Waals surface area contributed by atoms with Crippen LogP contribution in [0.5, 0.6) is 0 Å². The molecular formula is C16H36N2O. The van der Waals surface area contributed by atoms with E-state index in [2.05, 4.69) is 51.8 Å². The summed E-state index contributed by atoms with van der Waals surface area (Å²) in [5, 5.41) is 12.7. The number of hydrogen-bond acceptors (Lipinski definition) is 3. The van der Waals surface area contributed by atoms with E-state index < -0.39 is 0 Å². The van der Waals surface area contributed by atoms with E-state index in [1.54, 1.807) is 0 Å². The zero-order valence-corrected chi connectivity index (χ0v) is 14.0. The lowest BCUT2D eigenvalue weighted by Gasteiger charge is -2.40. The Morgan fingerprint density at radius 3 is 2.05 bits per heavy atom. The van der Waals surface area contributed by atoms with E-state index in [-0.39, 0.29) is 0 Å².